The van der Waals surface area contributed by atoms with Crippen LogP contribution in [-0.4, -0.2) is 55.1 Å². The number of benzene rings is 1. The number of rotatable bonds is 4. The number of hydrogen-bond donors (Lipinski definition) is 1. The summed E-state index contributed by atoms with van der Waals surface area (Å²) in [5.74, 6) is 0.483. The van der Waals surface area contributed by atoms with Crippen molar-refractivity contribution in [3.8, 4) is 0 Å². The highest BCUT2D eigenvalue weighted by atomic mass is 15.3. The second-order valence-corrected chi connectivity index (χ2v) is 5.85. The van der Waals surface area contributed by atoms with E-state index in [4.69, 9.17) is 5.73 Å². The molecule has 0 radical (unpaired) electrons. The Bertz CT molecular complexity index is 379. The molecule has 0 spiro atoms. The van der Waals surface area contributed by atoms with E-state index in [1.54, 1.807) is 0 Å². The lowest BCUT2D eigenvalue weighted by Gasteiger charge is -2.44. The molecule has 1 fully saturated rings. The zero-order valence-electron chi connectivity index (χ0n) is 12.4. The minimum atomic E-state index is 0.436. The van der Waals surface area contributed by atoms with Gasteiger partial charge in [0.1, 0.15) is 0 Å². The van der Waals surface area contributed by atoms with E-state index in [1.807, 2.05) is 0 Å². The van der Waals surface area contributed by atoms with Crippen LogP contribution in [0.2, 0.25) is 0 Å². The molecule has 106 valence electrons. The Morgan fingerprint density at radius 1 is 1.26 bits per heavy atom. The van der Waals surface area contributed by atoms with E-state index in [-0.39, 0.29) is 0 Å². The molecule has 2 rings (SSSR count). The van der Waals surface area contributed by atoms with Crippen LogP contribution in [0.3, 0.4) is 0 Å². The van der Waals surface area contributed by atoms with Gasteiger partial charge in [0.25, 0.3) is 0 Å². The molecule has 1 aromatic rings. The van der Waals surface area contributed by atoms with Crippen molar-refractivity contribution in [2.45, 2.75) is 31.8 Å². The van der Waals surface area contributed by atoms with Crippen LogP contribution >= 0.6 is 0 Å². The molecule has 1 heterocycles. The van der Waals surface area contributed by atoms with E-state index in [0.717, 1.165) is 26.2 Å². The molecular weight excluding hydrogens is 234 g/mol. The maximum Gasteiger partial charge on any atom is 0.0288 e. The molecule has 1 aliphatic rings. The van der Waals surface area contributed by atoms with E-state index >= 15 is 0 Å². The molecule has 1 aliphatic heterocycles. The van der Waals surface area contributed by atoms with E-state index in [0.29, 0.717) is 18.0 Å². The normalized spacial score (nSPS) is 25.2. The largest absolute Gasteiger partial charge is 0.329 e. The van der Waals surface area contributed by atoms with Gasteiger partial charge in [-0.1, -0.05) is 37.3 Å². The highest BCUT2D eigenvalue weighted by Crippen LogP contribution is 2.25. The number of hydrogen-bond acceptors (Lipinski definition) is 3. The lowest BCUT2D eigenvalue weighted by Crippen LogP contribution is -2.57. The number of nitrogens with zero attached hydrogens (tertiary/aromatic N) is 2. The fraction of sp³-hybridized carbons (Fsp3) is 0.625. The monoisotopic (exact) mass is 261 g/mol. The second kappa shape index (κ2) is 6.51. The number of nitrogens with two attached hydrogens (primary N) is 1. The molecule has 2 N–H and O–H groups in total. The molecule has 3 nitrogen and oxygen atoms in total. The van der Waals surface area contributed by atoms with Crippen LogP contribution in [0.5, 0.6) is 0 Å². The van der Waals surface area contributed by atoms with Crippen molar-refractivity contribution >= 4 is 0 Å². The quantitative estimate of drug-likeness (QED) is 0.896. The Morgan fingerprint density at radius 2 is 1.95 bits per heavy atom. The fourth-order valence-electron chi connectivity index (χ4n) is 3.25. The Labute approximate surface area is 117 Å². The lowest BCUT2D eigenvalue weighted by molar-refractivity contribution is 0.0551. The van der Waals surface area contributed by atoms with E-state index in [9.17, 15) is 0 Å². The molecule has 0 aromatic heterocycles. The molecule has 1 aromatic carbocycles. The standard InChI is InChI=1S/C16H27N3/c1-13-12-18(3)9-10-19(13)16(11-17)14(2)15-7-5-4-6-8-15/h4-8,13-14,16H,9-12,17H2,1-3H3. The number of piperazine rings is 1. The molecule has 0 saturated carbocycles. The summed E-state index contributed by atoms with van der Waals surface area (Å²) in [5.41, 5.74) is 7.48. The summed E-state index contributed by atoms with van der Waals surface area (Å²) >= 11 is 0. The average molecular weight is 261 g/mol. The first-order valence-electron chi connectivity index (χ1n) is 7.32. The molecule has 1 saturated heterocycles. The lowest BCUT2D eigenvalue weighted by atomic mass is 9.91. The Kier molecular flexibility index (Phi) is 4.97. The highest BCUT2D eigenvalue weighted by molar-refractivity contribution is 5.21. The van der Waals surface area contributed by atoms with Gasteiger partial charge in [-0.2, -0.15) is 0 Å². The summed E-state index contributed by atoms with van der Waals surface area (Å²) in [6.45, 7) is 8.75. The first-order valence-corrected chi connectivity index (χ1v) is 7.32. The fourth-order valence-corrected chi connectivity index (χ4v) is 3.25. The molecule has 0 aliphatic carbocycles. The van der Waals surface area contributed by atoms with Gasteiger partial charge in [-0.05, 0) is 25.5 Å². The van der Waals surface area contributed by atoms with Gasteiger partial charge >= 0.3 is 0 Å². The van der Waals surface area contributed by atoms with Gasteiger partial charge in [-0.3, -0.25) is 4.90 Å². The topological polar surface area (TPSA) is 32.5 Å². The molecule has 3 atom stereocenters. The van der Waals surface area contributed by atoms with Crippen LogP contribution in [0.1, 0.15) is 25.3 Å². The average Bonchev–Trinajstić information content (AvgIpc) is 2.42. The van der Waals surface area contributed by atoms with Crippen LogP contribution < -0.4 is 5.73 Å². The van der Waals surface area contributed by atoms with Crippen LogP contribution in [0.25, 0.3) is 0 Å². The van der Waals surface area contributed by atoms with E-state index < -0.39 is 0 Å². The third kappa shape index (κ3) is 3.35. The molecule has 0 bridgehead atoms. The Hall–Kier alpha value is -0.900. The Morgan fingerprint density at radius 3 is 2.53 bits per heavy atom. The summed E-state index contributed by atoms with van der Waals surface area (Å²) in [7, 11) is 2.20. The summed E-state index contributed by atoms with van der Waals surface area (Å²) in [6, 6.07) is 11.8. The van der Waals surface area contributed by atoms with Gasteiger partial charge in [0, 0.05) is 38.3 Å². The predicted molar refractivity (Wildman–Crippen MR) is 81.4 cm³/mol. The number of likely N-dealkylation sites (N-methyl/N-ethyl adjacent to an activating group) is 1. The van der Waals surface area contributed by atoms with Crippen molar-refractivity contribution in [1.82, 2.24) is 9.80 Å². The van der Waals surface area contributed by atoms with Gasteiger partial charge in [0.05, 0.1) is 0 Å². The first kappa shape index (κ1) is 14.5. The van der Waals surface area contributed by atoms with Crippen LogP contribution in [-0.2, 0) is 0 Å². The molecule has 19 heavy (non-hydrogen) atoms. The van der Waals surface area contributed by atoms with Crippen LogP contribution in [0.4, 0.5) is 0 Å². The van der Waals surface area contributed by atoms with Gasteiger partial charge < -0.3 is 10.6 Å². The molecule has 3 unspecified atom stereocenters. The minimum Gasteiger partial charge on any atom is -0.329 e. The SMILES string of the molecule is CC(c1ccccc1)C(CN)N1CCN(C)CC1C. The summed E-state index contributed by atoms with van der Waals surface area (Å²) in [6.07, 6.45) is 0. The summed E-state index contributed by atoms with van der Waals surface area (Å²) in [4.78, 5) is 5.00. The van der Waals surface area contributed by atoms with Crippen molar-refractivity contribution in [2.75, 3.05) is 33.2 Å². The third-order valence-corrected chi connectivity index (χ3v) is 4.45. The van der Waals surface area contributed by atoms with Crippen molar-refractivity contribution in [3.63, 3.8) is 0 Å². The molecular formula is C16H27N3. The van der Waals surface area contributed by atoms with Gasteiger partial charge in [-0.25, -0.2) is 0 Å². The van der Waals surface area contributed by atoms with Gasteiger partial charge in [0.2, 0.25) is 0 Å². The van der Waals surface area contributed by atoms with Crippen molar-refractivity contribution in [2.24, 2.45) is 5.73 Å². The van der Waals surface area contributed by atoms with Gasteiger partial charge in [0.15, 0.2) is 0 Å². The van der Waals surface area contributed by atoms with Crippen molar-refractivity contribution in [1.29, 1.82) is 0 Å². The zero-order valence-corrected chi connectivity index (χ0v) is 12.4. The smallest absolute Gasteiger partial charge is 0.0288 e. The van der Waals surface area contributed by atoms with Crippen LogP contribution in [0.15, 0.2) is 30.3 Å². The van der Waals surface area contributed by atoms with Crippen molar-refractivity contribution in [3.05, 3.63) is 35.9 Å². The van der Waals surface area contributed by atoms with E-state index in [1.165, 1.54) is 5.56 Å². The van der Waals surface area contributed by atoms with Gasteiger partial charge in [-0.15, -0.1) is 0 Å². The summed E-state index contributed by atoms with van der Waals surface area (Å²) < 4.78 is 0. The van der Waals surface area contributed by atoms with Crippen LogP contribution in [0, 0.1) is 0 Å². The molecule has 3 heteroatoms. The zero-order chi connectivity index (χ0) is 13.8. The maximum absolute atomic E-state index is 6.08. The molecule has 0 amide bonds. The van der Waals surface area contributed by atoms with Crippen molar-refractivity contribution < 1.29 is 0 Å². The Balaban J connectivity index is 2.11. The second-order valence-electron chi connectivity index (χ2n) is 5.85. The maximum atomic E-state index is 6.08. The highest BCUT2D eigenvalue weighted by Gasteiger charge is 2.30. The third-order valence-electron chi connectivity index (χ3n) is 4.45. The predicted octanol–water partition coefficient (Wildman–Crippen LogP) is 1.75. The summed E-state index contributed by atoms with van der Waals surface area (Å²) in [5, 5.41) is 0. The minimum absolute atomic E-state index is 0.436. The van der Waals surface area contributed by atoms with E-state index in [2.05, 4.69) is 61.0 Å². The first-order chi connectivity index (χ1) is 9.13.